The molecule has 3 heterocycles. The van der Waals surface area contributed by atoms with E-state index in [4.69, 9.17) is 9.31 Å². The zero-order valence-electron chi connectivity index (χ0n) is 11.6. The van der Waals surface area contributed by atoms with Crippen LogP contribution in [0.4, 0.5) is 0 Å². The molecule has 5 heteroatoms. The molecular weight excluding hydrogens is 247 g/mol. The van der Waals surface area contributed by atoms with Crippen molar-refractivity contribution < 1.29 is 13.5 Å². The number of hydrogen-bond acceptors (Lipinski definition) is 3. The molecule has 0 N–H and O–H groups in total. The number of allylic oxidation sites excluding steroid dienone is 1. The van der Waals surface area contributed by atoms with E-state index in [1.54, 1.807) is 0 Å². The summed E-state index contributed by atoms with van der Waals surface area (Å²) in [7, 11) is -0.906. The summed E-state index contributed by atoms with van der Waals surface area (Å²) in [6.45, 7) is 8.29. The van der Waals surface area contributed by atoms with Crippen molar-refractivity contribution in [2.45, 2.75) is 68.7 Å². The summed E-state index contributed by atoms with van der Waals surface area (Å²) < 4.78 is 24.1. The van der Waals surface area contributed by atoms with Gasteiger partial charge in [-0.25, -0.2) is 0 Å². The van der Waals surface area contributed by atoms with E-state index in [-0.39, 0.29) is 23.6 Å². The van der Waals surface area contributed by atoms with Gasteiger partial charge in [0.2, 0.25) is 0 Å². The van der Waals surface area contributed by atoms with Crippen molar-refractivity contribution in [2.24, 2.45) is 0 Å². The monoisotopic (exact) mass is 268 g/mol. The van der Waals surface area contributed by atoms with Gasteiger partial charge in [0, 0.05) is 16.0 Å². The highest BCUT2D eigenvalue weighted by atomic mass is 32.2. The molecule has 3 aliphatic heterocycles. The molecule has 18 heavy (non-hydrogen) atoms. The van der Waals surface area contributed by atoms with Crippen molar-refractivity contribution in [3.05, 3.63) is 11.5 Å². The molecule has 0 saturated carbocycles. The van der Waals surface area contributed by atoms with E-state index >= 15 is 0 Å². The van der Waals surface area contributed by atoms with E-state index in [1.165, 1.54) is 5.47 Å². The Hall–Kier alpha value is -0.125. The fourth-order valence-electron chi connectivity index (χ4n) is 2.90. The molecule has 100 valence electrons. The minimum Gasteiger partial charge on any atom is -0.400 e. The second-order valence-corrected chi connectivity index (χ2v) is 8.53. The fraction of sp³-hybridized carbons (Fsp3) is 0.846. The standard InChI is InChI=1S/C13H21BO3S/c1-12(2)13(3,4)17-14(16-12)9-7-10-5-6-11(8-9)18(10)15/h7,10-11H,5-6,8H2,1-4H3. The Morgan fingerprint density at radius 1 is 1.22 bits per heavy atom. The van der Waals surface area contributed by atoms with Crippen LogP contribution in [-0.4, -0.2) is 33.0 Å². The van der Waals surface area contributed by atoms with E-state index in [0.29, 0.717) is 5.25 Å². The lowest BCUT2D eigenvalue weighted by molar-refractivity contribution is 0.00578. The van der Waals surface area contributed by atoms with Gasteiger partial charge in [-0.15, -0.1) is 0 Å². The highest BCUT2D eigenvalue weighted by Gasteiger charge is 2.53. The van der Waals surface area contributed by atoms with Gasteiger partial charge in [-0.2, -0.15) is 0 Å². The molecule has 0 amide bonds. The number of fused-ring (bicyclic) bond motifs is 2. The molecule has 3 atom stereocenters. The summed E-state index contributed by atoms with van der Waals surface area (Å²) in [5, 5.41) is 0.562. The third kappa shape index (κ3) is 1.82. The molecule has 3 unspecified atom stereocenters. The van der Waals surface area contributed by atoms with Crippen LogP contribution >= 0.6 is 0 Å². The second kappa shape index (κ2) is 3.93. The second-order valence-electron chi connectivity index (χ2n) is 6.60. The van der Waals surface area contributed by atoms with Gasteiger partial charge in [0.15, 0.2) is 0 Å². The lowest BCUT2D eigenvalue weighted by atomic mass is 9.75. The molecule has 0 aliphatic carbocycles. The Labute approximate surface area is 112 Å². The molecule has 0 radical (unpaired) electrons. The van der Waals surface area contributed by atoms with Gasteiger partial charge < -0.3 is 9.31 Å². The Morgan fingerprint density at radius 3 is 2.39 bits per heavy atom. The summed E-state index contributed by atoms with van der Waals surface area (Å²) in [5.74, 6) is 0. The first-order valence-corrected chi connectivity index (χ1v) is 8.03. The number of hydrogen-bond donors (Lipinski definition) is 0. The van der Waals surface area contributed by atoms with E-state index < -0.39 is 10.8 Å². The molecule has 3 nitrogen and oxygen atoms in total. The molecule has 2 saturated heterocycles. The molecule has 2 fully saturated rings. The maximum absolute atomic E-state index is 12.0. The van der Waals surface area contributed by atoms with Crippen LogP contribution in [0, 0.1) is 0 Å². The zero-order valence-corrected chi connectivity index (χ0v) is 12.4. The first-order valence-electron chi connectivity index (χ1n) is 6.76. The van der Waals surface area contributed by atoms with Gasteiger partial charge in [-0.1, -0.05) is 6.08 Å². The van der Waals surface area contributed by atoms with Crippen molar-refractivity contribution in [1.29, 1.82) is 0 Å². The largest absolute Gasteiger partial charge is 0.490 e. The maximum atomic E-state index is 12.0. The van der Waals surface area contributed by atoms with Crippen molar-refractivity contribution in [2.75, 3.05) is 0 Å². The van der Waals surface area contributed by atoms with Crippen LogP contribution in [0.3, 0.4) is 0 Å². The van der Waals surface area contributed by atoms with Crippen LogP contribution in [0.5, 0.6) is 0 Å². The third-order valence-electron chi connectivity index (χ3n) is 4.82. The van der Waals surface area contributed by atoms with Crippen LogP contribution in [0.15, 0.2) is 11.5 Å². The average Bonchev–Trinajstić information content (AvgIpc) is 2.59. The molecular formula is C13H21BO3S. The smallest absolute Gasteiger partial charge is 0.400 e. The first kappa shape index (κ1) is 12.9. The minimum atomic E-state index is -0.665. The lowest BCUT2D eigenvalue weighted by Crippen LogP contribution is -2.41. The van der Waals surface area contributed by atoms with Gasteiger partial charge in [0.05, 0.1) is 16.5 Å². The lowest BCUT2D eigenvalue weighted by Gasteiger charge is -2.32. The summed E-state index contributed by atoms with van der Waals surface area (Å²) in [6.07, 6.45) is 5.17. The Balaban J connectivity index is 1.83. The molecule has 0 spiro atoms. The minimum absolute atomic E-state index is 0.234. The third-order valence-corrected chi connectivity index (χ3v) is 6.85. The SMILES string of the molecule is CC1(C)OB(C2=CC3CCC(C2)S3=O)OC1(C)C. The van der Waals surface area contributed by atoms with Crippen molar-refractivity contribution in [1.82, 2.24) is 0 Å². The van der Waals surface area contributed by atoms with Gasteiger partial charge in [-0.3, -0.25) is 4.21 Å². The highest BCUT2D eigenvalue weighted by molar-refractivity contribution is 7.86. The van der Waals surface area contributed by atoms with Crippen molar-refractivity contribution in [3.8, 4) is 0 Å². The van der Waals surface area contributed by atoms with Gasteiger partial charge in [-0.05, 0) is 52.4 Å². The molecule has 3 rings (SSSR count). The van der Waals surface area contributed by atoms with Gasteiger partial charge >= 0.3 is 7.12 Å². The normalized spacial score (nSPS) is 41.0. The Bertz CT molecular complexity index is 414. The average molecular weight is 268 g/mol. The van der Waals surface area contributed by atoms with Crippen LogP contribution in [0.2, 0.25) is 0 Å². The quantitative estimate of drug-likeness (QED) is 0.684. The van der Waals surface area contributed by atoms with Crippen LogP contribution in [0.1, 0.15) is 47.0 Å². The maximum Gasteiger partial charge on any atom is 0.490 e. The predicted molar refractivity (Wildman–Crippen MR) is 73.7 cm³/mol. The zero-order chi connectivity index (χ0) is 13.1. The van der Waals surface area contributed by atoms with E-state index in [2.05, 4.69) is 33.8 Å². The molecule has 0 aromatic heterocycles. The Morgan fingerprint density at radius 2 is 1.83 bits per heavy atom. The van der Waals surface area contributed by atoms with E-state index in [1.807, 2.05) is 0 Å². The topological polar surface area (TPSA) is 35.5 Å². The summed E-state index contributed by atoms with van der Waals surface area (Å²) in [4.78, 5) is 0. The van der Waals surface area contributed by atoms with Crippen LogP contribution in [0.25, 0.3) is 0 Å². The van der Waals surface area contributed by atoms with Crippen molar-refractivity contribution >= 4 is 17.9 Å². The van der Waals surface area contributed by atoms with E-state index in [0.717, 1.165) is 19.3 Å². The van der Waals surface area contributed by atoms with Crippen LogP contribution in [-0.2, 0) is 20.1 Å². The molecule has 0 aromatic carbocycles. The molecule has 2 bridgehead atoms. The van der Waals surface area contributed by atoms with E-state index in [9.17, 15) is 4.21 Å². The predicted octanol–water partition coefficient (Wildman–Crippen LogP) is 2.23. The number of rotatable bonds is 1. The summed E-state index contributed by atoms with van der Waals surface area (Å²) >= 11 is 0. The molecule has 0 aromatic rings. The summed E-state index contributed by atoms with van der Waals surface area (Å²) in [6, 6.07) is 0. The fourth-order valence-corrected chi connectivity index (χ4v) is 4.80. The van der Waals surface area contributed by atoms with Crippen LogP contribution < -0.4 is 0 Å². The Kier molecular flexibility index (Phi) is 2.82. The van der Waals surface area contributed by atoms with Gasteiger partial charge in [0.1, 0.15) is 0 Å². The van der Waals surface area contributed by atoms with Gasteiger partial charge in [0.25, 0.3) is 0 Å². The first-order chi connectivity index (χ1) is 8.30. The highest BCUT2D eigenvalue weighted by Crippen LogP contribution is 2.42. The summed E-state index contributed by atoms with van der Waals surface area (Å²) in [5.41, 5.74) is 0.642. The van der Waals surface area contributed by atoms with Crippen molar-refractivity contribution in [3.63, 3.8) is 0 Å². The molecule has 3 aliphatic rings.